The van der Waals surface area contributed by atoms with Crippen LogP contribution in [0.3, 0.4) is 0 Å². The molecule has 1 aliphatic rings. The lowest BCUT2D eigenvalue weighted by Gasteiger charge is -2.31. The molecule has 6 heteroatoms. The van der Waals surface area contributed by atoms with E-state index in [2.05, 4.69) is 40.4 Å². The van der Waals surface area contributed by atoms with Gasteiger partial charge in [0.2, 0.25) is 5.91 Å². The number of aromatic nitrogens is 1. The van der Waals surface area contributed by atoms with Gasteiger partial charge in [0, 0.05) is 32.1 Å². The number of likely N-dealkylation sites (tertiary alicyclic amines) is 1. The molecule has 0 aliphatic carbocycles. The molecule has 0 saturated carbocycles. The van der Waals surface area contributed by atoms with E-state index < -0.39 is 0 Å². The Labute approximate surface area is 181 Å². The van der Waals surface area contributed by atoms with E-state index in [-0.39, 0.29) is 17.7 Å². The maximum atomic E-state index is 13.1. The molecule has 2 amide bonds. The van der Waals surface area contributed by atoms with Crippen LogP contribution in [0.25, 0.3) is 10.2 Å². The number of carbonyl (C=O) groups excluding carboxylic acids is 2. The number of piperidine rings is 1. The van der Waals surface area contributed by atoms with Crippen molar-refractivity contribution < 1.29 is 9.59 Å². The van der Waals surface area contributed by atoms with Crippen molar-refractivity contribution in [3.63, 3.8) is 0 Å². The van der Waals surface area contributed by atoms with E-state index in [1.165, 1.54) is 5.56 Å². The van der Waals surface area contributed by atoms with E-state index in [4.69, 9.17) is 0 Å². The van der Waals surface area contributed by atoms with Gasteiger partial charge in [0.05, 0.1) is 10.2 Å². The fourth-order valence-electron chi connectivity index (χ4n) is 4.29. The first-order chi connectivity index (χ1) is 14.7. The molecule has 1 aliphatic heterocycles. The lowest BCUT2D eigenvalue weighted by molar-refractivity contribution is -0.126. The van der Waals surface area contributed by atoms with Crippen molar-refractivity contribution >= 4 is 33.4 Å². The molecule has 1 saturated heterocycles. The third-order valence-corrected chi connectivity index (χ3v) is 6.85. The Morgan fingerprint density at radius 3 is 2.63 bits per heavy atom. The van der Waals surface area contributed by atoms with Crippen LogP contribution < -0.4 is 5.32 Å². The SMILES string of the molecule is CCn1c(C(=O)N2CCC(C(=O)NCCCc3ccccc3)CC2)cc2sccc21. The minimum Gasteiger partial charge on any atom is -0.356 e. The maximum absolute atomic E-state index is 13.1. The molecule has 1 N–H and O–H groups in total. The van der Waals surface area contributed by atoms with Gasteiger partial charge in [0.1, 0.15) is 5.69 Å². The summed E-state index contributed by atoms with van der Waals surface area (Å²) in [5.41, 5.74) is 3.20. The normalized spacial score (nSPS) is 14.9. The number of hydrogen-bond acceptors (Lipinski definition) is 3. The first-order valence-corrected chi connectivity index (χ1v) is 11.7. The zero-order valence-electron chi connectivity index (χ0n) is 17.5. The number of nitrogens with one attached hydrogen (secondary N) is 1. The third kappa shape index (κ3) is 4.43. The van der Waals surface area contributed by atoms with Gasteiger partial charge >= 0.3 is 0 Å². The van der Waals surface area contributed by atoms with Crippen LogP contribution in [0.4, 0.5) is 0 Å². The number of thiophene rings is 1. The predicted molar refractivity (Wildman–Crippen MR) is 122 cm³/mol. The Balaban J connectivity index is 1.25. The first kappa shape index (κ1) is 20.7. The Morgan fingerprint density at radius 2 is 1.90 bits per heavy atom. The molecule has 0 radical (unpaired) electrons. The minimum atomic E-state index is 0.00669. The van der Waals surface area contributed by atoms with Crippen LogP contribution in [-0.4, -0.2) is 40.9 Å². The van der Waals surface area contributed by atoms with Gasteiger partial charge in [-0.1, -0.05) is 30.3 Å². The zero-order chi connectivity index (χ0) is 20.9. The van der Waals surface area contributed by atoms with E-state index >= 15 is 0 Å². The van der Waals surface area contributed by atoms with E-state index in [1.54, 1.807) is 11.3 Å². The molecule has 30 heavy (non-hydrogen) atoms. The fourth-order valence-corrected chi connectivity index (χ4v) is 5.12. The van der Waals surface area contributed by atoms with E-state index in [1.807, 2.05) is 29.2 Å². The highest BCUT2D eigenvalue weighted by Gasteiger charge is 2.29. The second-order valence-corrected chi connectivity index (χ2v) is 8.84. The van der Waals surface area contributed by atoms with Crippen LogP contribution in [-0.2, 0) is 17.8 Å². The number of benzene rings is 1. The molecule has 5 nitrogen and oxygen atoms in total. The Hall–Kier alpha value is -2.60. The number of carbonyl (C=O) groups is 2. The van der Waals surface area contributed by atoms with Crippen LogP contribution >= 0.6 is 11.3 Å². The molecule has 4 rings (SSSR count). The summed E-state index contributed by atoms with van der Waals surface area (Å²) in [5.74, 6) is 0.224. The predicted octanol–water partition coefficient (Wildman–Crippen LogP) is 4.32. The topological polar surface area (TPSA) is 54.3 Å². The molecule has 3 aromatic rings. The van der Waals surface area contributed by atoms with Crippen LogP contribution in [0.2, 0.25) is 0 Å². The molecular weight excluding hydrogens is 394 g/mol. The average molecular weight is 424 g/mol. The summed E-state index contributed by atoms with van der Waals surface area (Å²) in [5, 5.41) is 5.15. The van der Waals surface area contributed by atoms with Crippen LogP contribution in [0, 0.1) is 5.92 Å². The third-order valence-electron chi connectivity index (χ3n) is 6.00. The molecule has 158 valence electrons. The van der Waals surface area contributed by atoms with Gasteiger partial charge in [-0.05, 0) is 55.7 Å². The molecule has 2 aromatic heterocycles. The second kappa shape index (κ2) is 9.47. The molecule has 0 bridgehead atoms. The highest BCUT2D eigenvalue weighted by molar-refractivity contribution is 7.17. The lowest BCUT2D eigenvalue weighted by Crippen LogP contribution is -2.43. The maximum Gasteiger partial charge on any atom is 0.270 e. The standard InChI is InChI=1S/C24H29N3O2S/c1-2-27-20-12-16-30-22(20)17-21(27)24(29)26-14-10-19(11-15-26)23(28)25-13-6-9-18-7-4-3-5-8-18/h3-5,7-8,12,16-17,19H,2,6,9-11,13-15H2,1H3,(H,25,28). The quantitative estimate of drug-likeness (QED) is 0.575. The van der Waals surface area contributed by atoms with Gasteiger partial charge in [-0.3, -0.25) is 9.59 Å². The van der Waals surface area contributed by atoms with E-state index in [9.17, 15) is 9.59 Å². The van der Waals surface area contributed by atoms with Gasteiger partial charge in [0.25, 0.3) is 5.91 Å². The van der Waals surface area contributed by atoms with Crippen molar-refractivity contribution in [1.29, 1.82) is 0 Å². The number of rotatable bonds is 7. The number of nitrogens with zero attached hydrogens (tertiary/aromatic N) is 2. The van der Waals surface area contributed by atoms with Gasteiger partial charge in [-0.2, -0.15) is 0 Å². The van der Waals surface area contributed by atoms with Crippen molar-refractivity contribution in [2.45, 2.75) is 39.2 Å². The summed E-state index contributed by atoms with van der Waals surface area (Å²) >= 11 is 1.67. The van der Waals surface area contributed by atoms with Gasteiger partial charge in [-0.25, -0.2) is 0 Å². The van der Waals surface area contributed by atoms with Crippen molar-refractivity contribution in [3.8, 4) is 0 Å². The van der Waals surface area contributed by atoms with Crippen molar-refractivity contribution in [2.75, 3.05) is 19.6 Å². The Kier molecular flexibility index (Phi) is 6.53. The fraction of sp³-hybridized carbons (Fsp3) is 0.417. The molecule has 0 atom stereocenters. The number of amides is 2. The number of fused-ring (bicyclic) bond motifs is 1. The van der Waals surface area contributed by atoms with Crippen LogP contribution in [0.5, 0.6) is 0 Å². The number of hydrogen-bond donors (Lipinski definition) is 1. The lowest BCUT2D eigenvalue weighted by atomic mass is 9.95. The van der Waals surface area contributed by atoms with Crippen molar-refractivity contribution in [3.05, 3.63) is 59.1 Å². The van der Waals surface area contributed by atoms with Gasteiger partial charge in [-0.15, -0.1) is 11.3 Å². The Bertz CT molecular complexity index is 1000. The second-order valence-electron chi connectivity index (χ2n) is 7.89. The van der Waals surface area contributed by atoms with Crippen LogP contribution in [0.1, 0.15) is 42.2 Å². The summed E-state index contributed by atoms with van der Waals surface area (Å²) in [4.78, 5) is 27.5. The summed E-state index contributed by atoms with van der Waals surface area (Å²) in [6.45, 7) is 4.84. The smallest absolute Gasteiger partial charge is 0.270 e. The Morgan fingerprint density at radius 1 is 1.13 bits per heavy atom. The molecule has 3 heterocycles. The first-order valence-electron chi connectivity index (χ1n) is 10.8. The molecule has 1 fully saturated rings. The molecule has 0 spiro atoms. The molecular formula is C24H29N3O2S. The molecule has 0 unspecified atom stereocenters. The van der Waals surface area contributed by atoms with Crippen molar-refractivity contribution in [2.24, 2.45) is 5.92 Å². The largest absolute Gasteiger partial charge is 0.356 e. The van der Waals surface area contributed by atoms with Gasteiger partial charge < -0.3 is 14.8 Å². The zero-order valence-corrected chi connectivity index (χ0v) is 18.3. The molecule has 1 aromatic carbocycles. The van der Waals surface area contributed by atoms with E-state index in [0.717, 1.165) is 48.1 Å². The summed E-state index contributed by atoms with van der Waals surface area (Å²) in [6, 6.07) is 14.4. The minimum absolute atomic E-state index is 0.00669. The van der Waals surface area contributed by atoms with E-state index in [0.29, 0.717) is 19.6 Å². The van der Waals surface area contributed by atoms with Crippen LogP contribution in [0.15, 0.2) is 47.8 Å². The highest BCUT2D eigenvalue weighted by atomic mass is 32.1. The summed E-state index contributed by atoms with van der Waals surface area (Å²) in [6.07, 6.45) is 3.38. The van der Waals surface area contributed by atoms with Gasteiger partial charge in [0.15, 0.2) is 0 Å². The highest BCUT2D eigenvalue weighted by Crippen LogP contribution is 2.27. The number of aryl methyl sites for hydroxylation is 2. The summed E-state index contributed by atoms with van der Waals surface area (Å²) < 4.78 is 3.25. The monoisotopic (exact) mass is 423 g/mol. The average Bonchev–Trinajstić information content (AvgIpc) is 3.38. The summed E-state index contributed by atoms with van der Waals surface area (Å²) in [7, 11) is 0. The van der Waals surface area contributed by atoms with Crippen molar-refractivity contribution in [1.82, 2.24) is 14.8 Å².